The molecule has 2 aliphatic heterocycles. The van der Waals surface area contributed by atoms with E-state index >= 15 is 0 Å². The van der Waals surface area contributed by atoms with Crippen molar-refractivity contribution in [2.24, 2.45) is 0 Å². The van der Waals surface area contributed by atoms with Crippen LogP contribution in [0.2, 0.25) is 0 Å². The number of morpholine rings is 1. The molecule has 4 nitrogen and oxygen atoms in total. The fourth-order valence-corrected chi connectivity index (χ4v) is 3.47. The van der Waals surface area contributed by atoms with E-state index in [0.29, 0.717) is 18.9 Å². The van der Waals surface area contributed by atoms with Crippen LogP contribution in [0.4, 0.5) is 0 Å². The molecule has 1 N–H and O–H groups in total. The summed E-state index contributed by atoms with van der Waals surface area (Å²) in [6.07, 6.45) is 1.95. The first-order chi connectivity index (χ1) is 11.4. The minimum atomic E-state index is -0.0674. The van der Waals surface area contributed by atoms with E-state index in [1.54, 1.807) is 0 Å². The van der Waals surface area contributed by atoms with Crippen molar-refractivity contribution in [3.8, 4) is 0 Å². The van der Waals surface area contributed by atoms with Crippen LogP contribution in [0.25, 0.3) is 16.3 Å². The molecule has 2 aromatic rings. The number of nitrogens with zero attached hydrogens (tertiary/aromatic N) is 1. The van der Waals surface area contributed by atoms with Crippen molar-refractivity contribution in [3.05, 3.63) is 59.9 Å². The Bertz CT molecular complexity index is 810. The van der Waals surface area contributed by atoms with Crippen LogP contribution in [-0.4, -0.2) is 43.2 Å². The van der Waals surface area contributed by atoms with Gasteiger partial charge in [0.25, 0.3) is 0 Å². The molecule has 0 radical (unpaired) electrons. The maximum absolute atomic E-state index is 11.4. The van der Waals surface area contributed by atoms with E-state index in [0.717, 1.165) is 24.2 Å². The lowest BCUT2D eigenvalue weighted by Gasteiger charge is -2.33. The van der Waals surface area contributed by atoms with Crippen LogP contribution >= 0.6 is 0 Å². The van der Waals surface area contributed by atoms with Crippen molar-refractivity contribution in [3.63, 3.8) is 0 Å². The third kappa shape index (κ3) is 2.47. The summed E-state index contributed by atoms with van der Waals surface area (Å²) in [5, 5.41) is 5.52. The van der Waals surface area contributed by atoms with Crippen LogP contribution in [-0.2, 0) is 9.53 Å². The molecule has 116 valence electrons. The van der Waals surface area contributed by atoms with Gasteiger partial charge in [-0.3, -0.25) is 4.90 Å². The predicted molar refractivity (Wildman–Crippen MR) is 90.4 cm³/mol. The maximum Gasteiger partial charge on any atom is 0.147 e. The molecule has 0 aliphatic carbocycles. The van der Waals surface area contributed by atoms with Gasteiger partial charge in [-0.25, -0.2) is 4.79 Å². The molecule has 0 bridgehead atoms. The molecule has 0 amide bonds. The Morgan fingerprint density at radius 2 is 1.87 bits per heavy atom. The molecule has 0 saturated carbocycles. The van der Waals surface area contributed by atoms with Gasteiger partial charge in [0.15, 0.2) is 0 Å². The van der Waals surface area contributed by atoms with E-state index in [-0.39, 0.29) is 6.04 Å². The van der Waals surface area contributed by atoms with Gasteiger partial charge in [0.2, 0.25) is 0 Å². The first kappa shape index (κ1) is 14.2. The van der Waals surface area contributed by atoms with Gasteiger partial charge in [-0.2, -0.15) is 0 Å². The van der Waals surface area contributed by atoms with E-state index in [1.165, 1.54) is 10.8 Å². The summed E-state index contributed by atoms with van der Waals surface area (Å²) in [7, 11) is 0. The molecular formula is C19H18N2O2. The van der Waals surface area contributed by atoms with Gasteiger partial charge < -0.3 is 10.1 Å². The van der Waals surface area contributed by atoms with Gasteiger partial charge in [0, 0.05) is 19.3 Å². The van der Waals surface area contributed by atoms with Crippen molar-refractivity contribution in [1.82, 2.24) is 10.2 Å². The number of carbonyl (C=O) groups excluding carboxylic acids is 1. The summed E-state index contributed by atoms with van der Waals surface area (Å²) in [6, 6.07) is 14.6. The lowest BCUT2D eigenvalue weighted by atomic mass is 9.93. The van der Waals surface area contributed by atoms with Crippen molar-refractivity contribution < 1.29 is 9.53 Å². The highest BCUT2D eigenvalue weighted by atomic mass is 16.5. The highest BCUT2D eigenvalue weighted by molar-refractivity contribution is 5.96. The largest absolute Gasteiger partial charge is 0.379 e. The Morgan fingerprint density at radius 3 is 2.70 bits per heavy atom. The fourth-order valence-electron chi connectivity index (χ4n) is 3.47. The number of ether oxygens (including phenoxy) is 1. The van der Waals surface area contributed by atoms with E-state index in [4.69, 9.17) is 4.74 Å². The molecule has 2 heterocycles. The van der Waals surface area contributed by atoms with Gasteiger partial charge >= 0.3 is 0 Å². The maximum atomic E-state index is 11.4. The monoisotopic (exact) mass is 306 g/mol. The van der Waals surface area contributed by atoms with Crippen LogP contribution in [0.5, 0.6) is 0 Å². The lowest BCUT2D eigenvalue weighted by molar-refractivity contribution is 0.0331. The van der Waals surface area contributed by atoms with E-state index in [9.17, 15) is 4.79 Å². The van der Waals surface area contributed by atoms with Gasteiger partial charge in [-0.1, -0.05) is 42.5 Å². The number of nitrogens with one attached hydrogen (secondary N) is 1. The third-order valence-corrected chi connectivity index (χ3v) is 4.57. The summed E-state index contributed by atoms with van der Waals surface area (Å²) in [5.41, 5.74) is 2.88. The Morgan fingerprint density at radius 1 is 1.09 bits per heavy atom. The first-order valence-corrected chi connectivity index (χ1v) is 7.90. The van der Waals surface area contributed by atoms with Crippen molar-refractivity contribution in [1.29, 1.82) is 0 Å². The average Bonchev–Trinajstić information content (AvgIpc) is 3.06. The SMILES string of the molecule is O=C=C1NC=C(c2cccc3ccccc23)C1N1CCOCC1. The molecule has 4 heteroatoms. The molecule has 1 fully saturated rings. The standard InChI is InChI=1S/C19H18N2O2/c22-13-18-19(21-8-10-23-11-9-21)17(12-20-18)16-7-3-5-14-4-1-2-6-15(14)16/h1-7,12,19-20H,8-11H2. The van der Waals surface area contributed by atoms with Gasteiger partial charge in [0.05, 0.1) is 19.3 Å². The smallest absolute Gasteiger partial charge is 0.147 e. The van der Waals surface area contributed by atoms with E-state index in [1.807, 2.05) is 12.3 Å². The highest BCUT2D eigenvalue weighted by Gasteiger charge is 2.33. The molecular weight excluding hydrogens is 288 g/mol. The summed E-state index contributed by atoms with van der Waals surface area (Å²) in [6.45, 7) is 3.04. The Balaban J connectivity index is 1.81. The van der Waals surface area contributed by atoms with Crippen molar-refractivity contribution in [2.75, 3.05) is 26.3 Å². The molecule has 1 atom stereocenters. The van der Waals surface area contributed by atoms with Crippen LogP contribution in [0, 0.1) is 0 Å². The minimum Gasteiger partial charge on any atom is -0.379 e. The number of hydrogen-bond acceptors (Lipinski definition) is 4. The second kappa shape index (κ2) is 6.01. The number of benzene rings is 2. The normalized spacial score (nSPS) is 21.8. The Labute approximate surface area is 135 Å². The Hall–Kier alpha value is -2.39. The lowest BCUT2D eigenvalue weighted by Crippen LogP contribution is -2.44. The van der Waals surface area contributed by atoms with E-state index in [2.05, 4.69) is 52.6 Å². The van der Waals surface area contributed by atoms with Crippen molar-refractivity contribution >= 4 is 22.3 Å². The molecule has 1 saturated heterocycles. The summed E-state index contributed by atoms with van der Waals surface area (Å²) in [4.78, 5) is 13.7. The molecule has 4 rings (SSSR count). The third-order valence-electron chi connectivity index (χ3n) is 4.57. The zero-order valence-electron chi connectivity index (χ0n) is 12.8. The molecule has 0 aromatic heterocycles. The van der Waals surface area contributed by atoms with Crippen molar-refractivity contribution in [2.45, 2.75) is 6.04 Å². The van der Waals surface area contributed by atoms with Gasteiger partial charge in [0.1, 0.15) is 11.6 Å². The minimum absolute atomic E-state index is 0.0674. The van der Waals surface area contributed by atoms with Gasteiger partial charge in [-0.05, 0) is 21.9 Å². The summed E-state index contributed by atoms with van der Waals surface area (Å²) < 4.78 is 5.45. The quantitative estimate of drug-likeness (QED) is 0.864. The van der Waals surface area contributed by atoms with Crippen LogP contribution in [0.3, 0.4) is 0 Å². The van der Waals surface area contributed by atoms with Crippen LogP contribution in [0.1, 0.15) is 5.56 Å². The molecule has 23 heavy (non-hydrogen) atoms. The summed E-state index contributed by atoms with van der Waals surface area (Å²) in [5.74, 6) is 2.08. The number of hydrogen-bond donors (Lipinski definition) is 1. The molecule has 0 spiro atoms. The zero-order chi connectivity index (χ0) is 15.6. The zero-order valence-corrected chi connectivity index (χ0v) is 12.8. The predicted octanol–water partition coefficient (Wildman–Crippen LogP) is 2.20. The number of fused-ring (bicyclic) bond motifs is 1. The van der Waals surface area contributed by atoms with Gasteiger partial charge in [-0.15, -0.1) is 0 Å². The fraction of sp³-hybridized carbons (Fsp3) is 0.263. The Kier molecular flexibility index (Phi) is 3.72. The average molecular weight is 306 g/mol. The first-order valence-electron chi connectivity index (χ1n) is 7.90. The highest BCUT2D eigenvalue weighted by Crippen LogP contribution is 2.34. The van der Waals surface area contributed by atoms with Crippen LogP contribution in [0.15, 0.2) is 54.4 Å². The van der Waals surface area contributed by atoms with Crippen LogP contribution < -0.4 is 5.32 Å². The second-order valence-electron chi connectivity index (χ2n) is 5.84. The molecule has 1 unspecified atom stereocenters. The molecule has 2 aliphatic rings. The topological polar surface area (TPSA) is 41.6 Å². The molecule has 2 aromatic carbocycles. The summed E-state index contributed by atoms with van der Waals surface area (Å²) >= 11 is 0. The second-order valence-corrected chi connectivity index (χ2v) is 5.84. The number of rotatable bonds is 2. The van der Waals surface area contributed by atoms with E-state index < -0.39 is 0 Å².